The number of hydrogen-bond donors (Lipinski definition) is 2. The van der Waals surface area contributed by atoms with E-state index in [-0.39, 0.29) is 12.7 Å². The number of carbonyl (C=O) groups is 1. The van der Waals surface area contributed by atoms with Gasteiger partial charge in [-0.05, 0) is 43.7 Å². The molecule has 2 saturated heterocycles. The lowest BCUT2D eigenvalue weighted by Crippen LogP contribution is -2.39. The van der Waals surface area contributed by atoms with E-state index in [1.165, 1.54) is 12.8 Å². The minimum atomic E-state index is 0.0974. The fourth-order valence-corrected chi connectivity index (χ4v) is 3.79. The van der Waals surface area contributed by atoms with Crippen LogP contribution in [0.5, 0.6) is 11.5 Å². The Morgan fingerprint density at radius 2 is 1.95 bits per heavy atom. The van der Waals surface area contributed by atoms with Crippen molar-refractivity contribution in [3.63, 3.8) is 0 Å². The first-order valence-corrected chi connectivity index (χ1v) is 7.72. The molecule has 0 radical (unpaired) electrons. The number of nitrogens with one attached hydrogen (secondary N) is 2. The van der Waals surface area contributed by atoms with E-state index in [4.69, 9.17) is 9.47 Å². The Morgan fingerprint density at radius 1 is 1.19 bits per heavy atom. The van der Waals surface area contributed by atoms with Crippen LogP contribution in [0.3, 0.4) is 0 Å². The summed E-state index contributed by atoms with van der Waals surface area (Å²) in [5.74, 6) is 2.05. The molecule has 2 bridgehead atoms. The van der Waals surface area contributed by atoms with Crippen LogP contribution in [-0.2, 0) is 4.79 Å². The van der Waals surface area contributed by atoms with Crippen molar-refractivity contribution in [2.24, 2.45) is 5.92 Å². The van der Waals surface area contributed by atoms with Gasteiger partial charge in [0.05, 0.1) is 0 Å². The van der Waals surface area contributed by atoms with Gasteiger partial charge in [-0.3, -0.25) is 4.79 Å². The van der Waals surface area contributed by atoms with Crippen molar-refractivity contribution >= 4 is 11.6 Å². The molecule has 2 N–H and O–H groups in total. The zero-order valence-corrected chi connectivity index (χ0v) is 11.9. The SMILES string of the molecule is O=C(CC1CC2CCC(C1)N2)Nc1ccc2c(c1)OCO2. The third-order valence-electron chi connectivity index (χ3n) is 4.70. The Labute approximate surface area is 124 Å². The molecule has 3 aliphatic rings. The minimum absolute atomic E-state index is 0.0974. The maximum Gasteiger partial charge on any atom is 0.231 e. The van der Waals surface area contributed by atoms with Crippen LogP contribution in [-0.4, -0.2) is 24.8 Å². The second-order valence-corrected chi connectivity index (χ2v) is 6.30. The molecular formula is C16H20N2O3. The maximum atomic E-state index is 12.2. The molecule has 0 saturated carbocycles. The van der Waals surface area contributed by atoms with Crippen molar-refractivity contribution in [3.8, 4) is 11.5 Å². The fourth-order valence-electron chi connectivity index (χ4n) is 3.79. The van der Waals surface area contributed by atoms with Gasteiger partial charge in [0, 0.05) is 30.3 Å². The van der Waals surface area contributed by atoms with E-state index in [1.54, 1.807) is 0 Å². The van der Waals surface area contributed by atoms with Gasteiger partial charge in [-0.25, -0.2) is 0 Å². The van der Waals surface area contributed by atoms with Crippen LogP contribution < -0.4 is 20.1 Å². The first-order valence-electron chi connectivity index (χ1n) is 7.72. The summed E-state index contributed by atoms with van der Waals surface area (Å²) in [4.78, 5) is 12.2. The van der Waals surface area contributed by atoms with Gasteiger partial charge in [-0.2, -0.15) is 0 Å². The first kappa shape index (κ1) is 13.0. The van der Waals surface area contributed by atoms with E-state index in [2.05, 4.69) is 10.6 Å². The molecule has 0 aromatic heterocycles. The highest BCUT2D eigenvalue weighted by atomic mass is 16.7. The maximum absolute atomic E-state index is 12.2. The molecule has 2 unspecified atom stereocenters. The second kappa shape index (κ2) is 5.22. The summed E-state index contributed by atoms with van der Waals surface area (Å²) < 4.78 is 10.6. The van der Waals surface area contributed by atoms with E-state index in [0.29, 0.717) is 30.2 Å². The molecular weight excluding hydrogens is 268 g/mol. The number of amides is 1. The normalized spacial score (nSPS) is 29.4. The van der Waals surface area contributed by atoms with Crippen LogP contribution in [0.4, 0.5) is 5.69 Å². The van der Waals surface area contributed by atoms with Gasteiger partial charge in [-0.1, -0.05) is 0 Å². The summed E-state index contributed by atoms with van der Waals surface area (Å²) in [5.41, 5.74) is 0.779. The monoisotopic (exact) mass is 288 g/mol. The van der Waals surface area contributed by atoms with E-state index in [1.807, 2.05) is 18.2 Å². The Balaban J connectivity index is 1.35. The van der Waals surface area contributed by atoms with Crippen molar-refractivity contribution in [2.45, 2.75) is 44.2 Å². The predicted molar refractivity (Wildman–Crippen MR) is 78.5 cm³/mol. The lowest BCUT2D eigenvalue weighted by molar-refractivity contribution is -0.117. The van der Waals surface area contributed by atoms with Gasteiger partial charge in [-0.15, -0.1) is 0 Å². The van der Waals surface area contributed by atoms with Crippen molar-refractivity contribution in [3.05, 3.63) is 18.2 Å². The van der Waals surface area contributed by atoms with Gasteiger partial charge in [0.15, 0.2) is 11.5 Å². The van der Waals surface area contributed by atoms with Crippen LogP contribution in [0, 0.1) is 5.92 Å². The Kier molecular flexibility index (Phi) is 3.22. The predicted octanol–water partition coefficient (Wildman–Crippen LogP) is 2.27. The molecule has 0 aliphatic carbocycles. The summed E-state index contributed by atoms with van der Waals surface area (Å²) in [7, 11) is 0. The van der Waals surface area contributed by atoms with Crippen LogP contribution >= 0.6 is 0 Å². The Hall–Kier alpha value is -1.75. The highest BCUT2D eigenvalue weighted by Gasteiger charge is 2.34. The number of carbonyl (C=O) groups excluding carboxylic acids is 1. The van der Waals surface area contributed by atoms with E-state index in [9.17, 15) is 4.79 Å². The lowest BCUT2D eigenvalue weighted by atomic mass is 9.89. The molecule has 5 nitrogen and oxygen atoms in total. The summed E-state index contributed by atoms with van der Waals surface area (Å²) in [6.45, 7) is 0.255. The van der Waals surface area contributed by atoms with Crippen LogP contribution in [0.2, 0.25) is 0 Å². The molecule has 21 heavy (non-hydrogen) atoms. The Bertz CT molecular complexity index is 548. The lowest BCUT2D eigenvalue weighted by Gasteiger charge is -2.28. The fraction of sp³-hybridized carbons (Fsp3) is 0.562. The largest absolute Gasteiger partial charge is 0.454 e. The number of ether oxygens (including phenoxy) is 2. The van der Waals surface area contributed by atoms with Crippen molar-refractivity contribution in [1.29, 1.82) is 0 Å². The minimum Gasteiger partial charge on any atom is -0.454 e. The molecule has 1 amide bonds. The van der Waals surface area contributed by atoms with E-state index >= 15 is 0 Å². The molecule has 3 aliphatic heterocycles. The standard InChI is InChI=1S/C16H20N2O3/c19-16(7-10-5-11-1-2-12(6-10)17-11)18-13-3-4-14-15(8-13)21-9-20-14/h3-4,8,10-12,17H,1-2,5-7,9H2,(H,18,19). The van der Waals surface area contributed by atoms with Gasteiger partial charge in [0.25, 0.3) is 0 Å². The number of rotatable bonds is 3. The summed E-state index contributed by atoms with van der Waals surface area (Å²) in [6, 6.07) is 6.78. The van der Waals surface area contributed by atoms with Gasteiger partial charge < -0.3 is 20.1 Å². The molecule has 1 aromatic carbocycles. The van der Waals surface area contributed by atoms with E-state index < -0.39 is 0 Å². The van der Waals surface area contributed by atoms with Crippen LogP contribution in [0.15, 0.2) is 18.2 Å². The topological polar surface area (TPSA) is 59.6 Å². The number of anilines is 1. The van der Waals surface area contributed by atoms with Crippen molar-refractivity contribution in [2.75, 3.05) is 12.1 Å². The van der Waals surface area contributed by atoms with Gasteiger partial charge in [0.1, 0.15) is 0 Å². The van der Waals surface area contributed by atoms with Crippen LogP contribution in [0.1, 0.15) is 32.1 Å². The quantitative estimate of drug-likeness (QED) is 0.896. The molecule has 2 atom stereocenters. The molecule has 1 aromatic rings. The third kappa shape index (κ3) is 2.70. The summed E-state index contributed by atoms with van der Waals surface area (Å²) in [6.07, 6.45) is 5.41. The molecule has 0 spiro atoms. The van der Waals surface area contributed by atoms with E-state index in [0.717, 1.165) is 24.3 Å². The highest BCUT2D eigenvalue weighted by Crippen LogP contribution is 2.35. The van der Waals surface area contributed by atoms with Crippen molar-refractivity contribution in [1.82, 2.24) is 5.32 Å². The molecule has 2 fully saturated rings. The molecule has 5 heteroatoms. The number of benzene rings is 1. The van der Waals surface area contributed by atoms with Gasteiger partial charge >= 0.3 is 0 Å². The third-order valence-corrected chi connectivity index (χ3v) is 4.70. The van der Waals surface area contributed by atoms with Crippen molar-refractivity contribution < 1.29 is 14.3 Å². The zero-order valence-electron chi connectivity index (χ0n) is 11.9. The molecule has 112 valence electrons. The molecule has 4 rings (SSSR count). The highest BCUT2D eigenvalue weighted by molar-refractivity contribution is 5.91. The average Bonchev–Trinajstić information content (AvgIpc) is 3.04. The summed E-state index contributed by atoms with van der Waals surface area (Å²) >= 11 is 0. The Morgan fingerprint density at radius 3 is 2.76 bits per heavy atom. The van der Waals surface area contributed by atoms with Crippen LogP contribution in [0.25, 0.3) is 0 Å². The summed E-state index contributed by atoms with van der Waals surface area (Å²) in [5, 5.41) is 6.58. The molecule has 3 heterocycles. The number of piperidine rings is 1. The first-order chi connectivity index (χ1) is 10.3. The second-order valence-electron chi connectivity index (χ2n) is 6.30. The number of fused-ring (bicyclic) bond motifs is 3. The zero-order chi connectivity index (χ0) is 14.2. The van der Waals surface area contributed by atoms with Gasteiger partial charge in [0.2, 0.25) is 12.7 Å². The average molecular weight is 288 g/mol. The smallest absolute Gasteiger partial charge is 0.231 e. The number of hydrogen-bond acceptors (Lipinski definition) is 4.